The number of likely N-dealkylation sites (N-methyl/N-ethyl adjacent to an activating group) is 1. The third-order valence-corrected chi connectivity index (χ3v) is 4.74. The lowest BCUT2D eigenvalue weighted by atomic mass is 9.96. The van der Waals surface area contributed by atoms with Gasteiger partial charge < -0.3 is 15.5 Å². The van der Waals surface area contributed by atoms with Crippen LogP contribution in [-0.4, -0.2) is 51.1 Å². The minimum Gasteiger partial charge on any atom is -0.356 e. The molecule has 1 aliphatic carbocycles. The molecular formula is C19H33IN4. The Morgan fingerprint density at radius 2 is 1.88 bits per heavy atom. The summed E-state index contributed by atoms with van der Waals surface area (Å²) in [4.78, 5) is 6.72. The molecule has 0 unspecified atom stereocenters. The van der Waals surface area contributed by atoms with Gasteiger partial charge in [0.25, 0.3) is 0 Å². The molecule has 0 bridgehead atoms. The average molecular weight is 444 g/mol. The Morgan fingerprint density at radius 3 is 2.46 bits per heavy atom. The van der Waals surface area contributed by atoms with E-state index in [4.69, 9.17) is 0 Å². The Hall–Kier alpha value is -0.820. The first kappa shape index (κ1) is 21.2. The zero-order valence-electron chi connectivity index (χ0n) is 15.3. The quantitative estimate of drug-likeness (QED) is 0.349. The van der Waals surface area contributed by atoms with Crippen LogP contribution < -0.4 is 10.6 Å². The lowest BCUT2D eigenvalue weighted by molar-refractivity contribution is 0.332. The lowest BCUT2D eigenvalue weighted by Gasteiger charge is -2.20. The monoisotopic (exact) mass is 444 g/mol. The first-order valence-corrected chi connectivity index (χ1v) is 8.89. The Bertz CT molecular complexity index is 485. The second kappa shape index (κ2) is 10.9. The molecule has 0 aromatic heterocycles. The highest BCUT2D eigenvalue weighted by Gasteiger charge is 2.43. The van der Waals surface area contributed by atoms with Crippen molar-refractivity contribution in [2.24, 2.45) is 4.99 Å². The van der Waals surface area contributed by atoms with Gasteiger partial charge >= 0.3 is 0 Å². The van der Waals surface area contributed by atoms with Gasteiger partial charge in [0.05, 0.1) is 0 Å². The highest BCUT2D eigenvalue weighted by Crippen LogP contribution is 2.47. The minimum atomic E-state index is 0. The summed E-state index contributed by atoms with van der Waals surface area (Å²) in [6.07, 6.45) is 5.05. The van der Waals surface area contributed by atoms with Crippen LogP contribution in [0, 0.1) is 0 Å². The Balaban J connectivity index is 0.00000288. The average Bonchev–Trinajstić information content (AvgIpc) is 3.38. The molecule has 1 aromatic rings. The molecule has 5 heteroatoms. The summed E-state index contributed by atoms with van der Waals surface area (Å²) < 4.78 is 0. The van der Waals surface area contributed by atoms with Crippen LogP contribution in [-0.2, 0) is 5.41 Å². The Kier molecular flexibility index (Phi) is 9.66. The minimum absolute atomic E-state index is 0. The van der Waals surface area contributed by atoms with E-state index in [1.807, 2.05) is 7.05 Å². The molecule has 4 nitrogen and oxygen atoms in total. The molecule has 1 saturated carbocycles. The maximum Gasteiger partial charge on any atom is 0.191 e. The fourth-order valence-corrected chi connectivity index (χ4v) is 2.89. The standard InChI is InChI=1S/C19H32N4.HI/c1-4-5-14-23(3)15-13-21-18(20-2)22-16-19(11-12-19)17-9-7-6-8-10-17;/h6-10H,4-5,11-16H2,1-3H3,(H2,20,21,22);1H. The van der Waals surface area contributed by atoms with Gasteiger partial charge in [-0.15, -0.1) is 24.0 Å². The number of hydrogen-bond donors (Lipinski definition) is 2. The predicted octanol–water partition coefficient (Wildman–Crippen LogP) is 3.23. The van der Waals surface area contributed by atoms with Gasteiger partial charge in [0.1, 0.15) is 0 Å². The van der Waals surface area contributed by atoms with Gasteiger partial charge in [-0.1, -0.05) is 43.7 Å². The van der Waals surface area contributed by atoms with E-state index in [1.165, 1.54) is 37.8 Å². The SMILES string of the molecule is CCCCN(C)CCNC(=NC)NCC1(c2ccccc2)CC1.I. The van der Waals surface area contributed by atoms with Crippen LogP contribution in [0.4, 0.5) is 0 Å². The number of hydrogen-bond acceptors (Lipinski definition) is 2. The van der Waals surface area contributed by atoms with Crippen molar-refractivity contribution in [1.82, 2.24) is 15.5 Å². The van der Waals surface area contributed by atoms with Crippen LogP contribution in [0.25, 0.3) is 0 Å². The summed E-state index contributed by atoms with van der Waals surface area (Å²) in [7, 11) is 4.03. The van der Waals surface area contributed by atoms with Crippen molar-refractivity contribution in [3.63, 3.8) is 0 Å². The Morgan fingerprint density at radius 1 is 1.17 bits per heavy atom. The Labute approximate surface area is 164 Å². The van der Waals surface area contributed by atoms with Crippen molar-refractivity contribution in [3.8, 4) is 0 Å². The molecule has 2 rings (SSSR count). The second-order valence-corrected chi connectivity index (χ2v) is 6.66. The molecule has 0 saturated heterocycles. The predicted molar refractivity (Wildman–Crippen MR) is 115 cm³/mol. The third kappa shape index (κ3) is 6.59. The molecule has 1 aromatic carbocycles. The first-order chi connectivity index (χ1) is 11.2. The second-order valence-electron chi connectivity index (χ2n) is 6.66. The number of rotatable bonds is 9. The molecule has 2 N–H and O–H groups in total. The van der Waals surface area contributed by atoms with E-state index in [2.05, 4.69) is 64.8 Å². The highest BCUT2D eigenvalue weighted by atomic mass is 127. The van der Waals surface area contributed by atoms with Crippen LogP contribution in [0.5, 0.6) is 0 Å². The number of nitrogens with zero attached hydrogens (tertiary/aromatic N) is 2. The van der Waals surface area contributed by atoms with Crippen LogP contribution in [0.1, 0.15) is 38.2 Å². The van der Waals surface area contributed by atoms with Crippen molar-refractivity contribution in [3.05, 3.63) is 35.9 Å². The van der Waals surface area contributed by atoms with Gasteiger partial charge in [-0.2, -0.15) is 0 Å². The van der Waals surface area contributed by atoms with E-state index in [0.717, 1.165) is 25.6 Å². The summed E-state index contributed by atoms with van der Waals surface area (Å²) in [6.45, 7) is 6.34. The van der Waals surface area contributed by atoms with Crippen LogP contribution in [0.2, 0.25) is 0 Å². The summed E-state index contributed by atoms with van der Waals surface area (Å²) in [5.41, 5.74) is 1.76. The molecule has 0 atom stereocenters. The number of halogens is 1. The van der Waals surface area contributed by atoms with Crippen molar-refractivity contribution < 1.29 is 0 Å². The maximum absolute atomic E-state index is 4.35. The molecule has 136 valence electrons. The van der Waals surface area contributed by atoms with E-state index < -0.39 is 0 Å². The largest absolute Gasteiger partial charge is 0.356 e. The number of nitrogens with one attached hydrogen (secondary N) is 2. The van der Waals surface area contributed by atoms with Gasteiger partial charge in [-0.05, 0) is 38.4 Å². The highest BCUT2D eigenvalue weighted by molar-refractivity contribution is 14.0. The summed E-state index contributed by atoms with van der Waals surface area (Å²) >= 11 is 0. The van der Waals surface area contributed by atoms with Crippen molar-refractivity contribution >= 4 is 29.9 Å². The molecular weight excluding hydrogens is 411 g/mol. The van der Waals surface area contributed by atoms with Crippen molar-refractivity contribution in [2.45, 2.75) is 38.0 Å². The first-order valence-electron chi connectivity index (χ1n) is 8.89. The molecule has 0 aliphatic heterocycles. The number of unbranched alkanes of at least 4 members (excludes halogenated alkanes) is 1. The molecule has 0 spiro atoms. The van der Waals surface area contributed by atoms with Crippen LogP contribution in [0.15, 0.2) is 35.3 Å². The van der Waals surface area contributed by atoms with Gasteiger partial charge in [-0.25, -0.2) is 0 Å². The smallest absolute Gasteiger partial charge is 0.191 e. The lowest BCUT2D eigenvalue weighted by Crippen LogP contribution is -2.43. The van der Waals surface area contributed by atoms with E-state index in [1.54, 1.807) is 0 Å². The van der Waals surface area contributed by atoms with Crippen molar-refractivity contribution in [1.29, 1.82) is 0 Å². The van der Waals surface area contributed by atoms with E-state index in [-0.39, 0.29) is 24.0 Å². The van der Waals surface area contributed by atoms with Crippen LogP contribution >= 0.6 is 24.0 Å². The summed E-state index contributed by atoms with van der Waals surface area (Å²) in [5.74, 6) is 0.913. The molecule has 0 heterocycles. The number of guanidine groups is 1. The van der Waals surface area contributed by atoms with Gasteiger partial charge in [0.15, 0.2) is 5.96 Å². The normalized spacial score (nSPS) is 15.8. The maximum atomic E-state index is 4.35. The topological polar surface area (TPSA) is 39.7 Å². The fourth-order valence-electron chi connectivity index (χ4n) is 2.89. The van der Waals surface area contributed by atoms with Gasteiger partial charge in [0.2, 0.25) is 0 Å². The van der Waals surface area contributed by atoms with E-state index >= 15 is 0 Å². The molecule has 24 heavy (non-hydrogen) atoms. The van der Waals surface area contributed by atoms with Crippen LogP contribution in [0.3, 0.4) is 0 Å². The molecule has 0 radical (unpaired) electrons. The van der Waals surface area contributed by atoms with Crippen molar-refractivity contribution in [2.75, 3.05) is 40.3 Å². The number of benzene rings is 1. The summed E-state index contributed by atoms with van der Waals surface area (Å²) in [5, 5.41) is 6.93. The molecule has 1 aliphatic rings. The molecule has 0 amide bonds. The van der Waals surface area contributed by atoms with Gasteiger partial charge in [-0.3, -0.25) is 4.99 Å². The zero-order chi connectivity index (χ0) is 16.5. The van der Waals surface area contributed by atoms with E-state index in [0.29, 0.717) is 5.41 Å². The number of aliphatic imine (C=N–C) groups is 1. The summed E-state index contributed by atoms with van der Waals surface area (Å²) in [6, 6.07) is 10.8. The molecule has 1 fully saturated rings. The zero-order valence-corrected chi connectivity index (χ0v) is 17.7. The van der Waals surface area contributed by atoms with E-state index in [9.17, 15) is 0 Å². The third-order valence-electron chi connectivity index (χ3n) is 4.74. The van der Waals surface area contributed by atoms with Gasteiger partial charge in [0, 0.05) is 32.1 Å². The fraction of sp³-hybridized carbons (Fsp3) is 0.632.